The van der Waals surface area contributed by atoms with E-state index in [0.717, 1.165) is 0 Å². The summed E-state index contributed by atoms with van der Waals surface area (Å²) in [4.78, 5) is 14.0. The molecular weight excluding hydrogens is 280 g/mol. The highest BCUT2D eigenvalue weighted by atomic mass is 32.2. The fourth-order valence-electron chi connectivity index (χ4n) is 2.23. The van der Waals surface area contributed by atoms with Crippen LogP contribution in [0.4, 0.5) is 0 Å². The number of carbonyl (C=O) groups excluding carboxylic acids is 1. The first-order valence-electron chi connectivity index (χ1n) is 6.39. The lowest BCUT2D eigenvalue weighted by molar-refractivity contribution is -0.132. The van der Waals surface area contributed by atoms with Gasteiger partial charge in [0.15, 0.2) is 0 Å². The van der Waals surface area contributed by atoms with E-state index >= 15 is 0 Å². The van der Waals surface area contributed by atoms with Gasteiger partial charge in [0, 0.05) is 19.2 Å². The van der Waals surface area contributed by atoms with Crippen LogP contribution in [-0.2, 0) is 14.8 Å². The van der Waals surface area contributed by atoms with Crippen molar-refractivity contribution >= 4 is 15.9 Å². The molecule has 1 unspecified atom stereocenters. The molecule has 2 rings (SSSR count). The Morgan fingerprint density at radius 1 is 1.50 bits per heavy atom. The van der Waals surface area contributed by atoms with Gasteiger partial charge in [0.1, 0.15) is 5.75 Å². The van der Waals surface area contributed by atoms with E-state index in [-0.39, 0.29) is 16.7 Å². The Morgan fingerprint density at radius 3 is 2.80 bits per heavy atom. The number of benzene rings is 1. The number of rotatable bonds is 3. The van der Waals surface area contributed by atoms with Crippen molar-refractivity contribution in [2.24, 2.45) is 5.14 Å². The van der Waals surface area contributed by atoms with Crippen molar-refractivity contribution in [3.05, 3.63) is 23.8 Å². The third-order valence-corrected chi connectivity index (χ3v) is 4.41. The molecule has 6 nitrogen and oxygen atoms in total. The molecule has 1 aromatic carbocycles. The van der Waals surface area contributed by atoms with Gasteiger partial charge in [-0.05, 0) is 31.5 Å². The first-order valence-corrected chi connectivity index (χ1v) is 7.93. The van der Waals surface area contributed by atoms with Crippen LogP contribution >= 0.6 is 0 Å². The third-order valence-electron chi connectivity index (χ3n) is 3.50. The van der Waals surface area contributed by atoms with Gasteiger partial charge in [-0.3, -0.25) is 4.79 Å². The van der Waals surface area contributed by atoms with Crippen molar-refractivity contribution in [2.45, 2.75) is 24.2 Å². The first kappa shape index (κ1) is 14.8. The summed E-state index contributed by atoms with van der Waals surface area (Å²) in [7, 11) is -2.07. The second-order valence-corrected chi connectivity index (χ2v) is 6.35. The summed E-state index contributed by atoms with van der Waals surface area (Å²) >= 11 is 0. The molecule has 0 saturated carbocycles. The van der Waals surface area contributed by atoms with Gasteiger partial charge in [0.25, 0.3) is 0 Å². The quantitative estimate of drug-likeness (QED) is 0.888. The van der Waals surface area contributed by atoms with Gasteiger partial charge in [-0.15, -0.1) is 0 Å². The minimum atomic E-state index is -3.79. The molecule has 0 bridgehead atoms. The molecule has 0 fully saturated rings. The molecule has 0 saturated heterocycles. The maximum absolute atomic E-state index is 12.3. The Hall–Kier alpha value is -1.60. The monoisotopic (exact) mass is 298 g/mol. The maximum atomic E-state index is 12.3. The molecular formula is C13H18N2O4S. The summed E-state index contributed by atoms with van der Waals surface area (Å²) in [5.41, 5.74) is 0.591. The number of amides is 1. The van der Waals surface area contributed by atoms with Gasteiger partial charge in [-0.1, -0.05) is 0 Å². The Kier molecular flexibility index (Phi) is 4.01. The summed E-state index contributed by atoms with van der Waals surface area (Å²) in [6.07, 6.45) is 0.532. The van der Waals surface area contributed by atoms with Crippen LogP contribution in [0.3, 0.4) is 0 Å². The zero-order valence-corrected chi connectivity index (χ0v) is 12.3. The second kappa shape index (κ2) is 5.41. The number of likely N-dealkylation sites (N-methyl/N-ethyl adjacent to an activating group) is 1. The molecule has 1 aromatic rings. The number of nitrogens with zero attached hydrogens (tertiary/aromatic N) is 1. The lowest BCUT2D eigenvalue weighted by atomic mass is 9.92. The predicted octanol–water partition coefficient (Wildman–Crippen LogP) is 0.678. The van der Waals surface area contributed by atoms with Crippen LogP contribution in [0, 0.1) is 0 Å². The lowest BCUT2D eigenvalue weighted by Gasteiger charge is -2.28. The zero-order chi connectivity index (χ0) is 14.9. The number of hydrogen-bond acceptors (Lipinski definition) is 4. The van der Waals surface area contributed by atoms with Crippen LogP contribution in [0.5, 0.6) is 5.75 Å². The van der Waals surface area contributed by atoms with E-state index in [2.05, 4.69) is 0 Å². The zero-order valence-electron chi connectivity index (χ0n) is 11.5. The fraction of sp³-hybridized carbons (Fsp3) is 0.462. The number of hydrogen-bond donors (Lipinski definition) is 1. The number of primary sulfonamides is 1. The summed E-state index contributed by atoms with van der Waals surface area (Å²) in [5.74, 6) is 0.125. The molecule has 0 spiro atoms. The van der Waals surface area contributed by atoms with Gasteiger partial charge in [0.2, 0.25) is 15.9 Å². The number of fused-ring (bicyclic) bond motifs is 1. The molecule has 1 aliphatic rings. The summed E-state index contributed by atoms with van der Waals surface area (Å²) in [6.45, 7) is 2.93. The topological polar surface area (TPSA) is 89.7 Å². The fourth-order valence-corrected chi connectivity index (χ4v) is 2.78. The summed E-state index contributed by atoms with van der Waals surface area (Å²) < 4.78 is 28.3. The van der Waals surface area contributed by atoms with Crippen molar-refractivity contribution in [1.82, 2.24) is 4.90 Å². The molecule has 1 heterocycles. The van der Waals surface area contributed by atoms with Crippen LogP contribution in [-0.4, -0.2) is 39.4 Å². The Labute approximate surface area is 118 Å². The maximum Gasteiger partial charge on any atom is 0.238 e. The van der Waals surface area contributed by atoms with Crippen molar-refractivity contribution in [3.63, 3.8) is 0 Å². The van der Waals surface area contributed by atoms with Gasteiger partial charge >= 0.3 is 0 Å². The third kappa shape index (κ3) is 2.78. The molecule has 0 radical (unpaired) electrons. The molecule has 2 N–H and O–H groups in total. The van der Waals surface area contributed by atoms with E-state index in [4.69, 9.17) is 9.88 Å². The molecule has 1 amide bonds. The van der Waals surface area contributed by atoms with E-state index in [9.17, 15) is 13.2 Å². The van der Waals surface area contributed by atoms with E-state index < -0.39 is 10.0 Å². The Balaban J connectivity index is 2.46. The standard InChI is InChI=1S/C13H18N2O4S/c1-3-15(2)13(16)10-6-7-19-12-5-4-9(8-11(10)12)20(14,17)18/h4-5,8,10H,3,6-7H2,1-2H3,(H2,14,17,18). The van der Waals surface area contributed by atoms with Gasteiger partial charge in [-0.25, -0.2) is 13.6 Å². The van der Waals surface area contributed by atoms with E-state index in [1.807, 2.05) is 6.92 Å². The Morgan fingerprint density at radius 2 is 2.20 bits per heavy atom. The largest absolute Gasteiger partial charge is 0.493 e. The molecule has 1 aliphatic heterocycles. The smallest absolute Gasteiger partial charge is 0.238 e. The highest BCUT2D eigenvalue weighted by Gasteiger charge is 2.30. The lowest BCUT2D eigenvalue weighted by Crippen LogP contribution is -2.34. The van der Waals surface area contributed by atoms with Crippen LogP contribution in [0.15, 0.2) is 23.1 Å². The highest BCUT2D eigenvalue weighted by Crippen LogP contribution is 2.36. The second-order valence-electron chi connectivity index (χ2n) is 4.79. The van der Waals surface area contributed by atoms with Crippen LogP contribution in [0.1, 0.15) is 24.8 Å². The van der Waals surface area contributed by atoms with E-state index in [1.54, 1.807) is 18.0 Å². The molecule has 110 valence electrons. The van der Waals surface area contributed by atoms with Crippen molar-refractivity contribution in [2.75, 3.05) is 20.2 Å². The van der Waals surface area contributed by atoms with E-state index in [1.165, 1.54) is 12.1 Å². The number of nitrogens with two attached hydrogens (primary N) is 1. The molecule has 1 atom stereocenters. The van der Waals surface area contributed by atoms with Crippen molar-refractivity contribution in [3.8, 4) is 5.75 Å². The van der Waals surface area contributed by atoms with Gasteiger partial charge < -0.3 is 9.64 Å². The average Bonchev–Trinajstić information content (AvgIpc) is 2.43. The first-order chi connectivity index (χ1) is 9.34. The molecule has 7 heteroatoms. The van der Waals surface area contributed by atoms with Crippen molar-refractivity contribution < 1.29 is 17.9 Å². The van der Waals surface area contributed by atoms with Crippen LogP contribution in [0.2, 0.25) is 0 Å². The van der Waals surface area contributed by atoms with E-state index in [0.29, 0.717) is 30.9 Å². The number of ether oxygens (including phenoxy) is 1. The highest BCUT2D eigenvalue weighted by molar-refractivity contribution is 7.89. The van der Waals surface area contributed by atoms with Crippen LogP contribution < -0.4 is 9.88 Å². The number of sulfonamides is 1. The average molecular weight is 298 g/mol. The molecule has 0 aliphatic carbocycles. The van der Waals surface area contributed by atoms with Crippen molar-refractivity contribution in [1.29, 1.82) is 0 Å². The Bertz CT molecular complexity index is 627. The van der Waals surface area contributed by atoms with Gasteiger partial charge in [-0.2, -0.15) is 0 Å². The molecule has 0 aromatic heterocycles. The minimum absolute atomic E-state index is 0.00120. The molecule has 20 heavy (non-hydrogen) atoms. The number of carbonyl (C=O) groups is 1. The van der Waals surface area contributed by atoms with Gasteiger partial charge in [0.05, 0.1) is 17.4 Å². The van der Waals surface area contributed by atoms with Crippen LogP contribution in [0.25, 0.3) is 0 Å². The summed E-state index contributed by atoms with van der Waals surface area (Å²) in [5, 5.41) is 5.13. The SMILES string of the molecule is CCN(C)C(=O)C1CCOc2ccc(S(N)(=O)=O)cc21. The normalized spacial score (nSPS) is 18.1. The predicted molar refractivity (Wildman–Crippen MR) is 74.0 cm³/mol. The summed E-state index contributed by atoms with van der Waals surface area (Å²) in [6, 6.07) is 4.39. The minimum Gasteiger partial charge on any atom is -0.493 e.